The van der Waals surface area contributed by atoms with Gasteiger partial charge in [-0.2, -0.15) is 0 Å². The Morgan fingerprint density at radius 3 is 2.25 bits per heavy atom. The van der Waals surface area contributed by atoms with E-state index in [-0.39, 0.29) is 6.04 Å². The van der Waals surface area contributed by atoms with Gasteiger partial charge in [0.1, 0.15) is 0 Å². The Hall–Kier alpha value is -2.00. The average Bonchev–Trinajstić information content (AvgIpc) is 2.71. The van der Waals surface area contributed by atoms with Gasteiger partial charge in [-0.25, -0.2) is 0 Å². The van der Waals surface area contributed by atoms with Crippen molar-refractivity contribution in [1.29, 1.82) is 0 Å². The van der Waals surface area contributed by atoms with E-state index in [1.165, 1.54) is 0 Å². The smallest absolute Gasteiger partial charge is 0.161 e. The van der Waals surface area contributed by atoms with Gasteiger partial charge in [-0.3, -0.25) is 0 Å². The van der Waals surface area contributed by atoms with Crippen LogP contribution >= 0.6 is 0 Å². The molecule has 1 unspecified atom stereocenters. The molecular formula is C17H19NO2. The topological polar surface area (TPSA) is 44.5 Å². The van der Waals surface area contributed by atoms with Gasteiger partial charge in [-0.15, -0.1) is 0 Å². The van der Waals surface area contributed by atoms with Gasteiger partial charge in [0.25, 0.3) is 0 Å². The molecular weight excluding hydrogens is 250 g/mol. The van der Waals surface area contributed by atoms with Crippen molar-refractivity contribution >= 4 is 0 Å². The summed E-state index contributed by atoms with van der Waals surface area (Å²) in [6.07, 6.45) is 0.924. The Labute approximate surface area is 119 Å². The molecule has 0 radical (unpaired) electrons. The Morgan fingerprint density at radius 1 is 0.900 bits per heavy atom. The van der Waals surface area contributed by atoms with E-state index in [4.69, 9.17) is 15.2 Å². The lowest BCUT2D eigenvalue weighted by Gasteiger charge is -2.11. The largest absolute Gasteiger partial charge is 0.490 e. The van der Waals surface area contributed by atoms with E-state index in [0.717, 1.165) is 41.2 Å². The maximum atomic E-state index is 5.87. The normalized spacial score (nSPS) is 15.5. The molecule has 3 nitrogen and oxygen atoms in total. The van der Waals surface area contributed by atoms with Crippen LogP contribution in [0.15, 0.2) is 42.5 Å². The molecule has 0 saturated heterocycles. The highest BCUT2D eigenvalue weighted by atomic mass is 16.5. The predicted octanol–water partition coefficient (Wildman–Crippen LogP) is 3.53. The minimum atomic E-state index is 0.0628. The van der Waals surface area contributed by atoms with Crippen molar-refractivity contribution in [1.82, 2.24) is 0 Å². The summed E-state index contributed by atoms with van der Waals surface area (Å²) in [6, 6.07) is 14.5. The summed E-state index contributed by atoms with van der Waals surface area (Å²) in [7, 11) is 0. The van der Waals surface area contributed by atoms with Gasteiger partial charge in [0.2, 0.25) is 0 Å². The van der Waals surface area contributed by atoms with Crippen LogP contribution in [0.25, 0.3) is 11.1 Å². The molecule has 3 rings (SSSR count). The number of rotatable bonds is 2. The monoisotopic (exact) mass is 269 g/mol. The van der Waals surface area contributed by atoms with Crippen LogP contribution in [0, 0.1) is 0 Å². The standard InChI is InChI=1S/C17H19NO2/c1-12(18)13-3-5-14(6-4-13)15-7-8-16-17(11-15)20-10-2-9-19-16/h3-8,11-12H,2,9-10,18H2,1H3. The minimum absolute atomic E-state index is 0.0628. The van der Waals surface area contributed by atoms with Crippen molar-refractivity contribution in [2.24, 2.45) is 5.73 Å². The van der Waals surface area contributed by atoms with Crippen molar-refractivity contribution in [3.63, 3.8) is 0 Å². The summed E-state index contributed by atoms with van der Waals surface area (Å²) in [6.45, 7) is 3.41. The Kier molecular flexibility index (Phi) is 3.61. The van der Waals surface area contributed by atoms with Crippen molar-refractivity contribution < 1.29 is 9.47 Å². The third-order valence-electron chi connectivity index (χ3n) is 3.52. The third-order valence-corrected chi connectivity index (χ3v) is 3.52. The lowest BCUT2D eigenvalue weighted by molar-refractivity contribution is 0.297. The Balaban J connectivity index is 1.92. The zero-order valence-corrected chi connectivity index (χ0v) is 11.6. The van der Waals surface area contributed by atoms with E-state index in [1.807, 2.05) is 19.1 Å². The third kappa shape index (κ3) is 2.63. The molecule has 0 spiro atoms. The summed E-state index contributed by atoms with van der Waals surface area (Å²) in [5, 5.41) is 0. The molecule has 0 fully saturated rings. The fraction of sp³-hybridized carbons (Fsp3) is 0.294. The first-order valence-electron chi connectivity index (χ1n) is 6.99. The highest BCUT2D eigenvalue weighted by Gasteiger charge is 2.11. The number of nitrogens with two attached hydrogens (primary N) is 1. The van der Waals surface area contributed by atoms with Crippen LogP contribution in [0.4, 0.5) is 0 Å². The SMILES string of the molecule is CC(N)c1ccc(-c2ccc3c(c2)OCCCO3)cc1. The molecule has 0 aromatic heterocycles. The molecule has 1 aliphatic rings. The molecule has 0 bridgehead atoms. The van der Waals surface area contributed by atoms with Crippen LogP contribution in [0.5, 0.6) is 11.5 Å². The van der Waals surface area contributed by atoms with E-state index in [1.54, 1.807) is 0 Å². The van der Waals surface area contributed by atoms with Crippen molar-refractivity contribution in [2.75, 3.05) is 13.2 Å². The summed E-state index contributed by atoms with van der Waals surface area (Å²) < 4.78 is 11.4. The Morgan fingerprint density at radius 2 is 1.55 bits per heavy atom. The fourth-order valence-corrected chi connectivity index (χ4v) is 2.32. The van der Waals surface area contributed by atoms with Gasteiger partial charge in [-0.1, -0.05) is 30.3 Å². The lowest BCUT2D eigenvalue weighted by atomic mass is 10.0. The summed E-state index contributed by atoms with van der Waals surface area (Å²) in [5.41, 5.74) is 9.30. The second-order valence-electron chi connectivity index (χ2n) is 5.12. The predicted molar refractivity (Wildman–Crippen MR) is 80.1 cm³/mol. The highest BCUT2D eigenvalue weighted by molar-refractivity contribution is 5.67. The molecule has 104 valence electrons. The maximum absolute atomic E-state index is 5.87. The van der Waals surface area contributed by atoms with Crippen LogP contribution in [0.3, 0.4) is 0 Å². The zero-order chi connectivity index (χ0) is 13.9. The molecule has 20 heavy (non-hydrogen) atoms. The number of hydrogen-bond acceptors (Lipinski definition) is 3. The lowest BCUT2D eigenvalue weighted by Crippen LogP contribution is -2.04. The molecule has 1 heterocycles. The first-order chi connectivity index (χ1) is 9.74. The molecule has 2 N–H and O–H groups in total. The maximum Gasteiger partial charge on any atom is 0.161 e. The minimum Gasteiger partial charge on any atom is -0.490 e. The zero-order valence-electron chi connectivity index (χ0n) is 11.6. The van der Waals surface area contributed by atoms with E-state index >= 15 is 0 Å². The quantitative estimate of drug-likeness (QED) is 0.907. The molecule has 2 aromatic carbocycles. The first-order valence-corrected chi connectivity index (χ1v) is 6.99. The van der Waals surface area contributed by atoms with Crippen molar-refractivity contribution in [2.45, 2.75) is 19.4 Å². The number of ether oxygens (including phenoxy) is 2. The summed E-state index contributed by atoms with van der Waals surface area (Å²) in [4.78, 5) is 0. The number of hydrogen-bond donors (Lipinski definition) is 1. The van der Waals surface area contributed by atoms with Crippen LogP contribution < -0.4 is 15.2 Å². The summed E-state index contributed by atoms with van der Waals surface area (Å²) in [5.74, 6) is 1.66. The van der Waals surface area contributed by atoms with Gasteiger partial charge in [0.05, 0.1) is 13.2 Å². The Bertz CT molecular complexity index is 590. The van der Waals surface area contributed by atoms with E-state index in [9.17, 15) is 0 Å². The second-order valence-corrected chi connectivity index (χ2v) is 5.12. The van der Waals surface area contributed by atoms with E-state index in [0.29, 0.717) is 6.61 Å². The van der Waals surface area contributed by atoms with Crippen LogP contribution in [-0.2, 0) is 0 Å². The van der Waals surface area contributed by atoms with Crippen LogP contribution in [0.2, 0.25) is 0 Å². The average molecular weight is 269 g/mol. The van der Waals surface area contributed by atoms with Gasteiger partial charge < -0.3 is 15.2 Å². The van der Waals surface area contributed by atoms with Gasteiger partial charge >= 0.3 is 0 Å². The second kappa shape index (κ2) is 5.55. The van der Waals surface area contributed by atoms with Gasteiger partial charge in [-0.05, 0) is 35.7 Å². The molecule has 1 atom stereocenters. The fourth-order valence-electron chi connectivity index (χ4n) is 2.32. The number of fused-ring (bicyclic) bond motifs is 1. The van der Waals surface area contributed by atoms with Crippen LogP contribution in [-0.4, -0.2) is 13.2 Å². The summed E-state index contributed by atoms with van der Waals surface area (Å²) >= 11 is 0. The van der Waals surface area contributed by atoms with Crippen molar-refractivity contribution in [3.8, 4) is 22.6 Å². The molecule has 0 aliphatic carbocycles. The molecule has 1 aliphatic heterocycles. The van der Waals surface area contributed by atoms with Crippen LogP contribution in [0.1, 0.15) is 24.9 Å². The first kappa shape index (κ1) is 13.0. The molecule has 3 heteroatoms. The molecule has 0 amide bonds. The number of benzene rings is 2. The van der Waals surface area contributed by atoms with Gasteiger partial charge in [0, 0.05) is 12.5 Å². The van der Waals surface area contributed by atoms with Gasteiger partial charge in [0.15, 0.2) is 11.5 Å². The van der Waals surface area contributed by atoms with E-state index in [2.05, 4.69) is 30.3 Å². The van der Waals surface area contributed by atoms with E-state index < -0.39 is 0 Å². The molecule has 2 aromatic rings. The highest BCUT2D eigenvalue weighted by Crippen LogP contribution is 2.34. The van der Waals surface area contributed by atoms with Crippen molar-refractivity contribution in [3.05, 3.63) is 48.0 Å². The molecule has 0 saturated carbocycles.